The molecular weight excluding hydrogens is 377 g/mol. The molecule has 0 N–H and O–H groups in total. The first-order chi connectivity index (χ1) is 13.5. The summed E-state index contributed by atoms with van der Waals surface area (Å²) in [5.74, 6) is -1.04. The zero-order chi connectivity index (χ0) is 19.7. The number of hydrogen-bond donors (Lipinski definition) is 0. The Morgan fingerprint density at radius 2 is 1.93 bits per heavy atom. The third-order valence-electron chi connectivity index (χ3n) is 5.27. The van der Waals surface area contributed by atoms with E-state index in [-0.39, 0.29) is 36.1 Å². The molecule has 1 aliphatic heterocycles. The van der Waals surface area contributed by atoms with Crippen LogP contribution < -0.4 is 4.90 Å². The van der Waals surface area contributed by atoms with Crippen molar-refractivity contribution < 1.29 is 18.7 Å². The van der Waals surface area contributed by atoms with Crippen LogP contribution in [0.2, 0.25) is 0 Å². The minimum absolute atomic E-state index is 0.0550. The smallest absolute Gasteiger partial charge is 0.310 e. The van der Waals surface area contributed by atoms with E-state index in [0.717, 1.165) is 22.6 Å². The second kappa shape index (κ2) is 7.95. The van der Waals surface area contributed by atoms with E-state index in [0.29, 0.717) is 18.2 Å². The summed E-state index contributed by atoms with van der Waals surface area (Å²) in [6, 6.07) is 14.0. The van der Waals surface area contributed by atoms with Crippen molar-refractivity contribution in [3.05, 3.63) is 59.9 Å². The van der Waals surface area contributed by atoms with E-state index in [1.165, 1.54) is 12.1 Å². The van der Waals surface area contributed by atoms with Gasteiger partial charge in [0.1, 0.15) is 5.82 Å². The van der Waals surface area contributed by atoms with Gasteiger partial charge in [-0.25, -0.2) is 4.39 Å². The van der Waals surface area contributed by atoms with Crippen LogP contribution in [0.1, 0.15) is 31.2 Å². The van der Waals surface area contributed by atoms with Gasteiger partial charge in [0.2, 0.25) is 0 Å². The van der Waals surface area contributed by atoms with Crippen LogP contribution in [-0.4, -0.2) is 30.3 Å². The van der Waals surface area contributed by atoms with E-state index in [1.54, 1.807) is 28.8 Å². The molecule has 0 radical (unpaired) electrons. The van der Waals surface area contributed by atoms with Crippen molar-refractivity contribution in [2.45, 2.75) is 35.8 Å². The zero-order valence-corrected chi connectivity index (χ0v) is 16.5. The summed E-state index contributed by atoms with van der Waals surface area (Å²) in [6.45, 7) is 2.51. The van der Waals surface area contributed by atoms with Gasteiger partial charge < -0.3 is 9.64 Å². The minimum Gasteiger partial charge on any atom is -0.455 e. The number of hydrogen-bond acceptors (Lipinski definition) is 4. The third-order valence-corrected chi connectivity index (χ3v) is 6.51. The van der Waals surface area contributed by atoms with Gasteiger partial charge in [-0.3, -0.25) is 9.59 Å². The van der Waals surface area contributed by atoms with Crippen LogP contribution in [0, 0.1) is 11.7 Å². The molecule has 1 saturated carbocycles. The van der Waals surface area contributed by atoms with E-state index in [9.17, 15) is 14.0 Å². The number of halogens is 1. The maximum Gasteiger partial charge on any atom is 0.310 e. The van der Waals surface area contributed by atoms with Crippen molar-refractivity contribution in [1.82, 2.24) is 0 Å². The predicted octanol–water partition coefficient (Wildman–Crippen LogP) is 4.39. The Kier molecular flexibility index (Phi) is 5.40. The highest BCUT2D eigenvalue weighted by atomic mass is 32.2. The van der Waals surface area contributed by atoms with E-state index in [1.807, 2.05) is 24.3 Å². The lowest BCUT2D eigenvalue weighted by atomic mass is 10.1. The van der Waals surface area contributed by atoms with Gasteiger partial charge in [0, 0.05) is 16.7 Å². The normalized spacial score (nSPS) is 23.5. The summed E-state index contributed by atoms with van der Waals surface area (Å²) in [6.07, 6.45) is 1.56. The number of benzene rings is 2. The van der Waals surface area contributed by atoms with E-state index in [4.69, 9.17) is 4.74 Å². The lowest BCUT2D eigenvalue weighted by molar-refractivity contribution is -0.149. The van der Waals surface area contributed by atoms with Gasteiger partial charge in [-0.1, -0.05) is 31.2 Å². The molecule has 2 aromatic carbocycles. The lowest BCUT2D eigenvalue weighted by Gasteiger charge is -2.22. The lowest BCUT2D eigenvalue weighted by Crippen LogP contribution is -2.36. The molecular formula is C22H22FNO3S. The molecule has 0 unspecified atom stereocenters. The number of nitrogens with zero attached hydrogens (tertiary/aromatic N) is 1. The van der Waals surface area contributed by atoms with Gasteiger partial charge in [-0.2, -0.15) is 0 Å². The maximum absolute atomic E-state index is 13.0. The first kappa shape index (κ1) is 19.0. The first-order valence-electron chi connectivity index (χ1n) is 9.51. The maximum atomic E-state index is 13.0. The molecule has 4 nitrogen and oxygen atoms in total. The molecule has 28 heavy (non-hydrogen) atoms. The molecule has 0 saturated heterocycles. The number of anilines is 1. The molecule has 1 amide bonds. The summed E-state index contributed by atoms with van der Waals surface area (Å²) in [7, 11) is 0. The number of esters is 1. The number of fused-ring (bicyclic) bond motifs is 1. The first-order valence-corrected chi connectivity index (χ1v) is 10.4. The highest BCUT2D eigenvalue weighted by Gasteiger charge is 2.45. The van der Waals surface area contributed by atoms with Crippen LogP contribution in [0.15, 0.2) is 53.4 Å². The van der Waals surface area contributed by atoms with E-state index < -0.39 is 0 Å². The molecule has 146 valence electrons. The van der Waals surface area contributed by atoms with Gasteiger partial charge in [0.25, 0.3) is 5.91 Å². The number of ether oxygens (including phenoxy) is 1. The molecule has 1 aliphatic carbocycles. The topological polar surface area (TPSA) is 46.6 Å². The van der Waals surface area contributed by atoms with Gasteiger partial charge in [0.05, 0.1) is 11.6 Å². The summed E-state index contributed by atoms with van der Waals surface area (Å²) in [4.78, 5) is 27.9. The second-order valence-electron chi connectivity index (χ2n) is 7.34. The van der Waals surface area contributed by atoms with Crippen LogP contribution in [0.4, 0.5) is 10.1 Å². The van der Waals surface area contributed by atoms with Crippen LogP contribution in [0.3, 0.4) is 0 Å². The van der Waals surface area contributed by atoms with Crippen molar-refractivity contribution in [2.24, 2.45) is 5.92 Å². The number of amides is 1. The van der Waals surface area contributed by atoms with Gasteiger partial charge in [-0.05, 0) is 48.6 Å². The van der Waals surface area contributed by atoms with E-state index in [2.05, 4.69) is 6.92 Å². The molecule has 0 spiro atoms. The van der Waals surface area contributed by atoms with Crippen molar-refractivity contribution in [3.63, 3.8) is 0 Å². The van der Waals surface area contributed by atoms with Gasteiger partial charge >= 0.3 is 5.97 Å². The van der Waals surface area contributed by atoms with Gasteiger partial charge in [0.15, 0.2) is 6.61 Å². The van der Waals surface area contributed by atoms with Crippen LogP contribution in [0.5, 0.6) is 0 Å². The Morgan fingerprint density at radius 3 is 2.71 bits per heavy atom. The fraction of sp³-hybridized carbons (Fsp3) is 0.364. The molecule has 1 heterocycles. The second-order valence-corrected chi connectivity index (χ2v) is 8.82. The molecule has 1 fully saturated rings. The summed E-state index contributed by atoms with van der Waals surface area (Å²) in [5.41, 5.74) is 1.82. The fourth-order valence-corrected chi connectivity index (χ4v) is 4.71. The number of carbonyl (C=O) groups excluding carboxylic acids is 2. The number of rotatable bonds is 4. The number of carbonyl (C=O) groups is 2. The molecule has 0 bridgehead atoms. The van der Waals surface area contributed by atoms with Crippen LogP contribution in [-0.2, 0) is 14.3 Å². The number of thioether (sulfide) groups is 1. The van der Waals surface area contributed by atoms with Crippen molar-refractivity contribution in [2.75, 3.05) is 18.1 Å². The predicted molar refractivity (Wildman–Crippen MR) is 107 cm³/mol. The highest BCUT2D eigenvalue weighted by Crippen LogP contribution is 2.48. The number of para-hydroxylation sites is 1. The monoisotopic (exact) mass is 399 g/mol. The van der Waals surface area contributed by atoms with Crippen molar-refractivity contribution >= 4 is 29.3 Å². The van der Waals surface area contributed by atoms with Crippen LogP contribution in [0.25, 0.3) is 0 Å². The standard InChI is InChI=1S/C22H22FNO3S/c1-14-10-11-24(19-4-2-3-5-20(19)28-14)21(25)13-27-22(26)18-12-17(18)15-6-8-16(23)9-7-15/h2-9,14,17-18H,10-13H2,1H3/t14-,17-,18-/m1/s1. The summed E-state index contributed by atoms with van der Waals surface area (Å²) < 4.78 is 18.4. The molecule has 4 rings (SSSR count). The Balaban J connectivity index is 1.36. The highest BCUT2D eigenvalue weighted by molar-refractivity contribution is 8.00. The zero-order valence-electron chi connectivity index (χ0n) is 15.6. The Labute approximate surface area is 168 Å². The summed E-state index contributed by atoms with van der Waals surface area (Å²) in [5, 5.41) is 0.421. The minimum atomic E-state index is -0.353. The van der Waals surface area contributed by atoms with Crippen LogP contribution >= 0.6 is 11.8 Å². The Bertz CT molecular complexity index is 886. The van der Waals surface area contributed by atoms with Gasteiger partial charge in [-0.15, -0.1) is 11.8 Å². The molecule has 6 heteroatoms. The SMILES string of the molecule is C[C@@H]1CCN(C(=O)COC(=O)[C@@H]2C[C@@H]2c2ccc(F)cc2)c2ccccc2S1. The average molecular weight is 399 g/mol. The van der Waals surface area contributed by atoms with Crippen molar-refractivity contribution in [3.8, 4) is 0 Å². The third kappa shape index (κ3) is 4.07. The molecule has 2 aromatic rings. The molecule has 2 aliphatic rings. The summed E-state index contributed by atoms with van der Waals surface area (Å²) >= 11 is 1.76. The van der Waals surface area contributed by atoms with Crippen molar-refractivity contribution in [1.29, 1.82) is 0 Å². The quantitative estimate of drug-likeness (QED) is 0.716. The Hall–Kier alpha value is -2.34. The molecule has 0 aromatic heterocycles. The largest absolute Gasteiger partial charge is 0.455 e. The average Bonchev–Trinajstić information content (AvgIpc) is 3.50. The van der Waals surface area contributed by atoms with E-state index >= 15 is 0 Å². The Morgan fingerprint density at radius 1 is 1.18 bits per heavy atom. The molecule has 3 atom stereocenters. The fourth-order valence-electron chi connectivity index (χ4n) is 3.60.